The maximum Gasteiger partial charge on any atom is 0.258 e. The van der Waals surface area contributed by atoms with E-state index in [1.54, 1.807) is 11.7 Å². The van der Waals surface area contributed by atoms with Gasteiger partial charge in [0.2, 0.25) is 0 Å². The van der Waals surface area contributed by atoms with Crippen LogP contribution in [0.3, 0.4) is 0 Å². The molecule has 0 spiro atoms. The molecule has 2 aromatic carbocycles. The molecule has 0 aliphatic heterocycles. The summed E-state index contributed by atoms with van der Waals surface area (Å²) >= 11 is 0. The molecule has 1 aromatic heterocycles. The van der Waals surface area contributed by atoms with E-state index in [9.17, 15) is 4.79 Å². The standard InChI is InChI=1S/C20H21NO2/c1-5-15-13(2)10-11-16(19(15)23-4)17-12-14-8-6-7-9-18(14)21(3)20(17)22/h6-12H,5H2,1-4H3. The topological polar surface area (TPSA) is 31.2 Å². The Hall–Kier alpha value is -2.55. The Labute approximate surface area is 136 Å². The molecule has 0 radical (unpaired) electrons. The Kier molecular flexibility index (Phi) is 3.95. The van der Waals surface area contributed by atoms with Gasteiger partial charge in [0.15, 0.2) is 0 Å². The van der Waals surface area contributed by atoms with Gasteiger partial charge < -0.3 is 9.30 Å². The highest BCUT2D eigenvalue weighted by Crippen LogP contribution is 2.34. The van der Waals surface area contributed by atoms with E-state index >= 15 is 0 Å². The summed E-state index contributed by atoms with van der Waals surface area (Å²) in [6.07, 6.45) is 0.872. The second-order valence-corrected chi connectivity index (χ2v) is 5.78. The molecule has 1 heterocycles. The highest BCUT2D eigenvalue weighted by atomic mass is 16.5. The number of methoxy groups -OCH3 is 1. The normalized spacial score (nSPS) is 11.0. The number of para-hydroxylation sites is 1. The van der Waals surface area contributed by atoms with Crippen LogP contribution in [0.2, 0.25) is 0 Å². The van der Waals surface area contributed by atoms with Crippen LogP contribution in [0, 0.1) is 6.92 Å². The Morgan fingerprint density at radius 1 is 1.09 bits per heavy atom. The number of pyridine rings is 1. The van der Waals surface area contributed by atoms with Gasteiger partial charge in [-0.05, 0) is 42.0 Å². The summed E-state index contributed by atoms with van der Waals surface area (Å²) in [5.74, 6) is 0.805. The Balaban J connectivity index is 2.38. The molecule has 0 fully saturated rings. The number of aromatic nitrogens is 1. The number of benzene rings is 2. The summed E-state index contributed by atoms with van der Waals surface area (Å²) in [6.45, 7) is 4.18. The fraction of sp³-hybridized carbons (Fsp3) is 0.250. The molecular weight excluding hydrogens is 286 g/mol. The quantitative estimate of drug-likeness (QED) is 0.730. The zero-order valence-corrected chi connectivity index (χ0v) is 14.0. The molecule has 0 saturated heterocycles. The smallest absolute Gasteiger partial charge is 0.258 e. The summed E-state index contributed by atoms with van der Waals surface area (Å²) in [5, 5.41) is 1.05. The lowest BCUT2D eigenvalue weighted by Crippen LogP contribution is -2.19. The molecule has 23 heavy (non-hydrogen) atoms. The minimum absolute atomic E-state index is 0.00657. The van der Waals surface area contributed by atoms with Crippen LogP contribution in [0.1, 0.15) is 18.1 Å². The maximum absolute atomic E-state index is 12.8. The molecule has 0 bridgehead atoms. The van der Waals surface area contributed by atoms with Crippen molar-refractivity contribution in [3.8, 4) is 16.9 Å². The van der Waals surface area contributed by atoms with Crippen molar-refractivity contribution in [3.05, 3.63) is 63.9 Å². The van der Waals surface area contributed by atoms with Gasteiger partial charge in [-0.25, -0.2) is 0 Å². The van der Waals surface area contributed by atoms with Crippen LogP contribution in [-0.4, -0.2) is 11.7 Å². The Bertz CT molecular complexity index is 938. The first kappa shape index (κ1) is 15.3. The summed E-state index contributed by atoms with van der Waals surface area (Å²) in [6, 6.07) is 13.9. The molecule has 3 aromatic rings. The first-order valence-corrected chi connectivity index (χ1v) is 7.84. The lowest BCUT2D eigenvalue weighted by Gasteiger charge is -2.16. The second kappa shape index (κ2) is 5.92. The fourth-order valence-electron chi connectivity index (χ4n) is 3.23. The average Bonchev–Trinajstić information content (AvgIpc) is 2.58. The van der Waals surface area contributed by atoms with Crippen molar-refractivity contribution in [1.29, 1.82) is 0 Å². The second-order valence-electron chi connectivity index (χ2n) is 5.78. The van der Waals surface area contributed by atoms with E-state index in [1.165, 1.54) is 5.56 Å². The third-order valence-electron chi connectivity index (χ3n) is 4.48. The number of hydrogen-bond donors (Lipinski definition) is 0. The Morgan fingerprint density at radius 2 is 1.83 bits per heavy atom. The molecule has 0 amide bonds. The van der Waals surface area contributed by atoms with E-state index in [4.69, 9.17) is 4.74 Å². The van der Waals surface area contributed by atoms with Crippen molar-refractivity contribution < 1.29 is 4.74 Å². The average molecular weight is 307 g/mol. The van der Waals surface area contributed by atoms with Crippen molar-refractivity contribution in [2.24, 2.45) is 7.05 Å². The molecule has 3 rings (SSSR count). The number of rotatable bonds is 3. The zero-order valence-electron chi connectivity index (χ0n) is 14.0. The summed E-state index contributed by atoms with van der Waals surface area (Å²) < 4.78 is 7.37. The van der Waals surface area contributed by atoms with Gasteiger partial charge >= 0.3 is 0 Å². The van der Waals surface area contributed by atoms with Crippen molar-refractivity contribution in [2.45, 2.75) is 20.3 Å². The van der Waals surface area contributed by atoms with Crippen LogP contribution in [0.4, 0.5) is 0 Å². The van der Waals surface area contributed by atoms with Gasteiger partial charge in [0, 0.05) is 12.6 Å². The summed E-state index contributed by atoms with van der Waals surface area (Å²) in [4.78, 5) is 12.8. The van der Waals surface area contributed by atoms with E-state index in [2.05, 4.69) is 19.9 Å². The zero-order chi connectivity index (χ0) is 16.6. The van der Waals surface area contributed by atoms with Gasteiger partial charge in [-0.3, -0.25) is 4.79 Å². The van der Waals surface area contributed by atoms with Crippen LogP contribution in [0.5, 0.6) is 5.75 Å². The monoisotopic (exact) mass is 307 g/mol. The molecule has 0 aliphatic carbocycles. The number of hydrogen-bond acceptors (Lipinski definition) is 2. The number of aryl methyl sites for hydroxylation is 2. The van der Waals surface area contributed by atoms with Crippen molar-refractivity contribution in [1.82, 2.24) is 4.57 Å². The summed E-state index contributed by atoms with van der Waals surface area (Å²) in [5.41, 5.74) is 4.81. The van der Waals surface area contributed by atoms with Gasteiger partial charge in [0.1, 0.15) is 5.75 Å². The summed E-state index contributed by atoms with van der Waals surface area (Å²) in [7, 11) is 3.48. The molecule has 0 unspecified atom stereocenters. The molecular formula is C20H21NO2. The number of nitrogens with zero attached hydrogens (tertiary/aromatic N) is 1. The number of fused-ring (bicyclic) bond motifs is 1. The van der Waals surface area contributed by atoms with Crippen molar-refractivity contribution in [3.63, 3.8) is 0 Å². The van der Waals surface area contributed by atoms with E-state index in [0.717, 1.165) is 34.2 Å². The van der Waals surface area contributed by atoms with E-state index in [1.807, 2.05) is 43.4 Å². The third-order valence-corrected chi connectivity index (χ3v) is 4.48. The lowest BCUT2D eigenvalue weighted by molar-refractivity contribution is 0.411. The van der Waals surface area contributed by atoms with E-state index < -0.39 is 0 Å². The van der Waals surface area contributed by atoms with Gasteiger partial charge in [-0.1, -0.05) is 37.3 Å². The first-order valence-electron chi connectivity index (χ1n) is 7.84. The predicted octanol–water partition coefficient (Wildman–Crippen LogP) is 4.08. The van der Waals surface area contributed by atoms with E-state index in [0.29, 0.717) is 5.56 Å². The predicted molar refractivity (Wildman–Crippen MR) is 95.3 cm³/mol. The maximum atomic E-state index is 12.8. The lowest BCUT2D eigenvalue weighted by atomic mass is 9.96. The first-order chi connectivity index (χ1) is 11.1. The SMILES string of the molecule is CCc1c(C)ccc(-c2cc3ccccc3n(C)c2=O)c1OC. The van der Waals surface area contributed by atoms with Crippen molar-refractivity contribution >= 4 is 10.9 Å². The van der Waals surface area contributed by atoms with Crippen LogP contribution in [0.25, 0.3) is 22.0 Å². The van der Waals surface area contributed by atoms with Gasteiger partial charge in [0.05, 0.1) is 18.2 Å². The largest absolute Gasteiger partial charge is 0.496 e. The van der Waals surface area contributed by atoms with Gasteiger partial charge in [-0.15, -0.1) is 0 Å². The van der Waals surface area contributed by atoms with Gasteiger partial charge in [0.25, 0.3) is 5.56 Å². The molecule has 0 saturated carbocycles. The number of ether oxygens (including phenoxy) is 1. The minimum atomic E-state index is -0.00657. The fourth-order valence-corrected chi connectivity index (χ4v) is 3.23. The molecule has 3 heteroatoms. The van der Waals surface area contributed by atoms with Crippen LogP contribution >= 0.6 is 0 Å². The van der Waals surface area contributed by atoms with Crippen molar-refractivity contribution in [2.75, 3.05) is 7.11 Å². The third kappa shape index (κ3) is 2.42. The molecule has 0 aliphatic rings. The molecule has 0 N–H and O–H groups in total. The minimum Gasteiger partial charge on any atom is -0.496 e. The molecule has 118 valence electrons. The van der Waals surface area contributed by atoms with Crippen LogP contribution in [0.15, 0.2) is 47.3 Å². The van der Waals surface area contributed by atoms with Crippen LogP contribution in [-0.2, 0) is 13.5 Å². The van der Waals surface area contributed by atoms with E-state index in [-0.39, 0.29) is 5.56 Å². The molecule has 3 nitrogen and oxygen atoms in total. The Morgan fingerprint density at radius 3 is 2.52 bits per heavy atom. The highest BCUT2D eigenvalue weighted by Gasteiger charge is 2.16. The van der Waals surface area contributed by atoms with Gasteiger partial charge in [-0.2, -0.15) is 0 Å². The molecule has 0 atom stereocenters. The highest BCUT2D eigenvalue weighted by molar-refractivity contribution is 5.85. The van der Waals surface area contributed by atoms with Crippen LogP contribution < -0.4 is 10.3 Å².